The molecular weight excluding hydrogens is 312 g/mol. The van der Waals surface area contributed by atoms with Gasteiger partial charge in [0.25, 0.3) is 0 Å². The van der Waals surface area contributed by atoms with Gasteiger partial charge < -0.3 is 14.4 Å². The second-order valence-corrected chi connectivity index (χ2v) is 5.80. The van der Waals surface area contributed by atoms with Crippen LogP contribution in [0.1, 0.15) is 32.1 Å². The summed E-state index contributed by atoms with van der Waals surface area (Å²) in [6.07, 6.45) is 2.62. The minimum absolute atomic E-state index is 0.0745. The van der Waals surface area contributed by atoms with Gasteiger partial charge in [0.05, 0.1) is 12.2 Å². The average molecular weight is 334 g/mol. The normalized spacial score (nSPS) is 20.0. The molecule has 1 saturated heterocycles. The van der Waals surface area contributed by atoms with Gasteiger partial charge in [-0.15, -0.1) is 0 Å². The summed E-state index contributed by atoms with van der Waals surface area (Å²) in [6, 6.07) is 7.40. The van der Waals surface area contributed by atoms with E-state index in [-0.39, 0.29) is 30.9 Å². The first-order chi connectivity index (χ1) is 11.7. The van der Waals surface area contributed by atoms with Crippen LogP contribution in [0.3, 0.4) is 0 Å². The zero-order valence-corrected chi connectivity index (χ0v) is 13.5. The van der Waals surface area contributed by atoms with Gasteiger partial charge in [-0.2, -0.15) is 0 Å². The van der Waals surface area contributed by atoms with Gasteiger partial charge >= 0.3 is 0 Å². The van der Waals surface area contributed by atoms with Gasteiger partial charge in [0.15, 0.2) is 6.29 Å². The van der Waals surface area contributed by atoms with Gasteiger partial charge in [-0.3, -0.25) is 9.59 Å². The van der Waals surface area contributed by atoms with E-state index in [1.807, 2.05) is 24.3 Å². The number of hydrogen-bond acceptors (Lipinski definition) is 5. The van der Waals surface area contributed by atoms with Crippen molar-refractivity contribution < 1.29 is 23.9 Å². The first kappa shape index (κ1) is 16.7. The number of carbonyl (C=O) groups excluding carboxylic acids is 2. The summed E-state index contributed by atoms with van der Waals surface area (Å²) in [5.74, 6) is 0.271. The van der Waals surface area contributed by atoms with Crippen molar-refractivity contribution in [2.75, 3.05) is 24.7 Å². The molecule has 3 rings (SSSR count). The number of rotatable bonds is 5. The third-order valence-electron chi connectivity index (χ3n) is 4.04. The number of para-hydroxylation sites is 2. The van der Waals surface area contributed by atoms with E-state index in [0.717, 1.165) is 24.9 Å². The highest BCUT2D eigenvalue weighted by Crippen LogP contribution is 2.31. The topological polar surface area (TPSA) is 77.1 Å². The smallest absolute Gasteiger partial charge is 0.244 e. The zero-order valence-electron chi connectivity index (χ0n) is 13.5. The molecule has 1 aromatic carbocycles. The number of ether oxygens (including phenoxy) is 2. The number of nitrogens with zero attached hydrogens (tertiary/aromatic N) is 1. The van der Waals surface area contributed by atoms with E-state index in [0.29, 0.717) is 25.5 Å². The van der Waals surface area contributed by atoms with Crippen LogP contribution in [-0.2, 0) is 19.2 Å². The minimum atomic E-state index is -0.385. The highest BCUT2D eigenvalue weighted by Gasteiger charge is 2.23. The number of fused-ring (bicyclic) bond motifs is 1. The summed E-state index contributed by atoms with van der Waals surface area (Å²) < 4.78 is 10.9. The molecule has 0 radical (unpaired) electrons. The third kappa shape index (κ3) is 4.24. The number of hydrogen-bond donors (Lipinski definition) is 1. The average Bonchev–Trinajstić information content (AvgIpc) is 2.64. The highest BCUT2D eigenvalue weighted by molar-refractivity contribution is 5.96. The summed E-state index contributed by atoms with van der Waals surface area (Å²) in [7, 11) is 0. The molecule has 0 unspecified atom stereocenters. The van der Waals surface area contributed by atoms with Crippen molar-refractivity contribution in [3.63, 3.8) is 0 Å². The van der Waals surface area contributed by atoms with Crippen LogP contribution in [-0.4, -0.2) is 37.9 Å². The lowest BCUT2D eigenvalue weighted by molar-refractivity contribution is -0.200. The van der Waals surface area contributed by atoms with E-state index in [1.165, 1.54) is 0 Å². The first-order valence-corrected chi connectivity index (χ1v) is 8.32. The Morgan fingerprint density at radius 1 is 1.21 bits per heavy atom. The fourth-order valence-corrected chi connectivity index (χ4v) is 2.77. The van der Waals surface area contributed by atoms with E-state index >= 15 is 0 Å². The molecular formula is C17H22N2O5. The van der Waals surface area contributed by atoms with Gasteiger partial charge in [0.2, 0.25) is 11.8 Å². The van der Waals surface area contributed by atoms with Gasteiger partial charge in [-0.25, -0.2) is 10.3 Å². The van der Waals surface area contributed by atoms with Gasteiger partial charge in [-0.1, -0.05) is 12.1 Å². The Morgan fingerprint density at radius 2 is 2.08 bits per heavy atom. The monoisotopic (exact) mass is 334 g/mol. The lowest BCUT2D eigenvalue weighted by Crippen LogP contribution is -2.39. The molecule has 0 spiro atoms. The Labute approximate surface area is 140 Å². The molecule has 2 amide bonds. The van der Waals surface area contributed by atoms with E-state index in [4.69, 9.17) is 14.3 Å². The van der Waals surface area contributed by atoms with Crippen molar-refractivity contribution in [2.45, 2.75) is 38.4 Å². The minimum Gasteiger partial charge on any atom is -0.490 e. The number of carbonyl (C=O) groups is 2. The molecule has 7 nitrogen and oxygen atoms in total. The molecule has 7 heteroatoms. The van der Waals surface area contributed by atoms with Crippen molar-refractivity contribution in [1.82, 2.24) is 5.48 Å². The molecule has 1 aromatic rings. The Bertz CT molecular complexity index is 586. The lowest BCUT2D eigenvalue weighted by Gasteiger charge is -2.29. The van der Waals surface area contributed by atoms with Crippen LogP contribution in [0.15, 0.2) is 24.3 Å². The first-order valence-electron chi connectivity index (χ1n) is 8.32. The Hall–Kier alpha value is -2.12. The summed E-state index contributed by atoms with van der Waals surface area (Å²) in [5.41, 5.74) is 3.12. The number of hydroxylamine groups is 1. The van der Waals surface area contributed by atoms with Crippen LogP contribution in [0.25, 0.3) is 0 Å². The second kappa shape index (κ2) is 8.12. The van der Waals surface area contributed by atoms with Crippen molar-refractivity contribution in [2.24, 2.45) is 0 Å². The van der Waals surface area contributed by atoms with Gasteiger partial charge in [0.1, 0.15) is 12.4 Å². The predicted octanol–water partition coefficient (Wildman–Crippen LogP) is 1.77. The fourth-order valence-electron chi connectivity index (χ4n) is 2.77. The van der Waals surface area contributed by atoms with Gasteiger partial charge in [0, 0.05) is 25.9 Å². The third-order valence-corrected chi connectivity index (χ3v) is 4.04. The summed E-state index contributed by atoms with van der Waals surface area (Å²) in [6.45, 7) is 1.59. The van der Waals surface area contributed by atoms with Crippen LogP contribution >= 0.6 is 0 Å². The molecule has 1 fully saturated rings. The SMILES string of the molecule is O=C(CCC(=O)N1CCOc2ccccc21)NO[C@H]1CCCCO1. The molecule has 2 aliphatic rings. The quantitative estimate of drug-likeness (QED) is 0.831. The van der Waals surface area contributed by atoms with Crippen molar-refractivity contribution in [3.05, 3.63) is 24.3 Å². The maximum absolute atomic E-state index is 12.4. The van der Waals surface area contributed by atoms with Gasteiger partial charge in [-0.05, 0) is 25.0 Å². The van der Waals surface area contributed by atoms with Crippen LogP contribution in [0.4, 0.5) is 5.69 Å². The summed E-state index contributed by atoms with van der Waals surface area (Å²) in [5, 5.41) is 0. The molecule has 0 saturated carbocycles. The van der Waals surface area contributed by atoms with Crippen LogP contribution in [0.2, 0.25) is 0 Å². The number of nitrogens with one attached hydrogen (secondary N) is 1. The summed E-state index contributed by atoms with van der Waals surface area (Å²) in [4.78, 5) is 31.1. The number of amides is 2. The molecule has 0 bridgehead atoms. The second-order valence-electron chi connectivity index (χ2n) is 5.80. The molecule has 1 N–H and O–H groups in total. The Kier molecular flexibility index (Phi) is 5.66. The van der Waals surface area contributed by atoms with E-state index in [9.17, 15) is 9.59 Å². The molecule has 1 atom stereocenters. The Balaban J connectivity index is 1.44. The molecule has 0 aliphatic carbocycles. The van der Waals surface area contributed by atoms with Crippen molar-refractivity contribution in [1.29, 1.82) is 0 Å². The zero-order chi connectivity index (χ0) is 16.8. The standard InChI is InChI=1S/C17H22N2O5/c20-15(18-24-17-7-3-4-11-23-17)8-9-16(21)19-10-12-22-14-6-2-1-5-13(14)19/h1-2,5-6,17H,3-4,7-12H2,(H,18,20)/t17-/m0/s1. The largest absolute Gasteiger partial charge is 0.490 e. The lowest BCUT2D eigenvalue weighted by atomic mass is 10.2. The van der Waals surface area contributed by atoms with Crippen LogP contribution in [0, 0.1) is 0 Å². The van der Waals surface area contributed by atoms with Crippen LogP contribution in [0.5, 0.6) is 5.75 Å². The molecule has 2 aliphatic heterocycles. The maximum atomic E-state index is 12.4. The molecule has 130 valence electrons. The Morgan fingerprint density at radius 3 is 2.92 bits per heavy atom. The van der Waals surface area contributed by atoms with E-state index in [2.05, 4.69) is 5.48 Å². The number of benzene rings is 1. The van der Waals surface area contributed by atoms with E-state index < -0.39 is 0 Å². The molecule has 0 aromatic heterocycles. The molecule has 24 heavy (non-hydrogen) atoms. The highest BCUT2D eigenvalue weighted by atomic mass is 16.8. The van der Waals surface area contributed by atoms with Crippen molar-refractivity contribution >= 4 is 17.5 Å². The fraction of sp³-hybridized carbons (Fsp3) is 0.529. The van der Waals surface area contributed by atoms with E-state index in [1.54, 1.807) is 4.90 Å². The maximum Gasteiger partial charge on any atom is 0.244 e. The van der Waals surface area contributed by atoms with Crippen molar-refractivity contribution in [3.8, 4) is 5.75 Å². The summed E-state index contributed by atoms with van der Waals surface area (Å²) >= 11 is 0. The molecule has 2 heterocycles. The predicted molar refractivity (Wildman–Crippen MR) is 86.3 cm³/mol. The number of anilines is 1. The van der Waals surface area contributed by atoms with Crippen LogP contribution < -0.4 is 15.1 Å².